The van der Waals surface area contributed by atoms with Gasteiger partial charge in [0, 0.05) is 26.2 Å². The molecular weight excluding hydrogens is 210 g/mol. The molecule has 0 aromatic carbocycles. The van der Waals surface area contributed by atoms with E-state index in [4.69, 9.17) is 0 Å². The van der Waals surface area contributed by atoms with E-state index in [9.17, 15) is 0 Å². The van der Waals surface area contributed by atoms with Crippen molar-refractivity contribution in [3.63, 3.8) is 0 Å². The smallest absolute Gasteiger partial charge is 0.0110 e. The number of hydrogen-bond acceptors (Lipinski definition) is 3. The summed E-state index contributed by atoms with van der Waals surface area (Å²) >= 11 is 0. The third-order valence-electron chi connectivity index (χ3n) is 3.94. The lowest BCUT2D eigenvalue weighted by atomic mass is 10.1. The molecule has 2 aliphatic heterocycles. The second-order valence-electron chi connectivity index (χ2n) is 5.23. The van der Waals surface area contributed by atoms with Crippen molar-refractivity contribution in [1.82, 2.24) is 14.7 Å². The van der Waals surface area contributed by atoms with Crippen LogP contribution >= 0.6 is 0 Å². The zero-order chi connectivity index (χ0) is 12.5. The highest BCUT2D eigenvalue weighted by molar-refractivity contribution is 4.67. The van der Waals surface area contributed by atoms with Gasteiger partial charge >= 0.3 is 0 Å². The van der Waals surface area contributed by atoms with Crippen molar-refractivity contribution in [1.29, 1.82) is 0 Å². The lowest BCUT2D eigenvalue weighted by Crippen LogP contribution is -2.44. The van der Waals surface area contributed by atoms with Crippen molar-refractivity contribution in [3.8, 4) is 0 Å². The first-order chi connectivity index (χ1) is 8.26. The van der Waals surface area contributed by atoms with Crippen LogP contribution in [-0.4, -0.2) is 74.1 Å². The standard InChI is InChI=1S/C7H16N2.C7H15N/c1-3-9-6-4-8(2)5-7-9;1-2-8-6-4-3-5-7-8/h3-7H2,1-2H3;2-7H2,1H3. The fourth-order valence-corrected chi connectivity index (χ4v) is 2.44. The maximum Gasteiger partial charge on any atom is 0.0110 e. The van der Waals surface area contributed by atoms with E-state index in [1.807, 2.05) is 0 Å². The molecule has 17 heavy (non-hydrogen) atoms. The minimum Gasteiger partial charge on any atom is -0.304 e. The Hall–Kier alpha value is -0.120. The Kier molecular flexibility index (Phi) is 7.82. The molecule has 3 heteroatoms. The maximum absolute atomic E-state index is 2.52. The summed E-state index contributed by atoms with van der Waals surface area (Å²) in [5, 5.41) is 0. The summed E-state index contributed by atoms with van der Waals surface area (Å²) in [5.74, 6) is 0. The molecular formula is C14H31N3. The van der Waals surface area contributed by atoms with Gasteiger partial charge in [0.05, 0.1) is 0 Å². The van der Waals surface area contributed by atoms with Gasteiger partial charge in [0.1, 0.15) is 0 Å². The quantitative estimate of drug-likeness (QED) is 0.729. The third kappa shape index (κ3) is 6.39. The Morgan fingerprint density at radius 1 is 0.647 bits per heavy atom. The van der Waals surface area contributed by atoms with Crippen molar-refractivity contribution >= 4 is 0 Å². The van der Waals surface area contributed by atoms with Crippen LogP contribution < -0.4 is 0 Å². The van der Waals surface area contributed by atoms with E-state index in [1.165, 1.54) is 71.6 Å². The summed E-state index contributed by atoms with van der Waals surface area (Å²) in [6.07, 6.45) is 4.30. The molecule has 0 atom stereocenters. The van der Waals surface area contributed by atoms with E-state index in [-0.39, 0.29) is 0 Å². The van der Waals surface area contributed by atoms with Gasteiger partial charge in [0.15, 0.2) is 0 Å². The number of piperazine rings is 1. The highest BCUT2D eigenvalue weighted by Crippen LogP contribution is 2.06. The summed E-state index contributed by atoms with van der Waals surface area (Å²) < 4.78 is 0. The van der Waals surface area contributed by atoms with Gasteiger partial charge in [-0.1, -0.05) is 20.3 Å². The topological polar surface area (TPSA) is 9.72 Å². The van der Waals surface area contributed by atoms with Crippen molar-refractivity contribution in [2.45, 2.75) is 33.1 Å². The Morgan fingerprint density at radius 3 is 1.53 bits per heavy atom. The Morgan fingerprint density at radius 2 is 1.12 bits per heavy atom. The van der Waals surface area contributed by atoms with Crippen LogP contribution in [0.25, 0.3) is 0 Å². The summed E-state index contributed by atoms with van der Waals surface area (Å²) in [4.78, 5) is 7.38. The Bertz CT molecular complexity index is 170. The molecule has 0 saturated carbocycles. The minimum atomic E-state index is 1.22. The number of nitrogens with zero attached hydrogens (tertiary/aromatic N) is 3. The molecule has 0 N–H and O–H groups in total. The number of likely N-dealkylation sites (N-methyl/N-ethyl adjacent to an activating group) is 2. The molecule has 102 valence electrons. The third-order valence-corrected chi connectivity index (χ3v) is 3.94. The van der Waals surface area contributed by atoms with Gasteiger partial charge in [-0.05, 0) is 46.1 Å². The molecule has 0 aromatic heterocycles. The van der Waals surface area contributed by atoms with Crippen LogP contribution in [0.3, 0.4) is 0 Å². The largest absolute Gasteiger partial charge is 0.304 e. The van der Waals surface area contributed by atoms with E-state index in [2.05, 4.69) is 35.6 Å². The molecule has 2 aliphatic rings. The van der Waals surface area contributed by atoms with E-state index < -0.39 is 0 Å². The van der Waals surface area contributed by atoms with Crippen LogP contribution in [0.15, 0.2) is 0 Å². The number of likely N-dealkylation sites (tertiary alicyclic amines) is 1. The van der Waals surface area contributed by atoms with E-state index >= 15 is 0 Å². The maximum atomic E-state index is 2.52. The average molecular weight is 241 g/mol. The molecule has 0 unspecified atom stereocenters. The molecule has 0 aromatic rings. The molecule has 2 fully saturated rings. The highest BCUT2D eigenvalue weighted by atomic mass is 15.2. The molecule has 0 bridgehead atoms. The Labute approximate surface area is 108 Å². The van der Waals surface area contributed by atoms with Crippen molar-refractivity contribution in [2.75, 3.05) is 59.4 Å². The molecule has 0 radical (unpaired) electrons. The van der Waals surface area contributed by atoms with Crippen molar-refractivity contribution in [3.05, 3.63) is 0 Å². The van der Waals surface area contributed by atoms with Gasteiger partial charge in [-0.25, -0.2) is 0 Å². The first kappa shape index (κ1) is 14.9. The first-order valence-corrected chi connectivity index (χ1v) is 7.39. The van der Waals surface area contributed by atoms with E-state index in [0.717, 1.165) is 0 Å². The monoisotopic (exact) mass is 241 g/mol. The summed E-state index contributed by atoms with van der Waals surface area (Å²) in [6.45, 7) is 14.6. The second-order valence-corrected chi connectivity index (χ2v) is 5.23. The normalized spacial score (nSPS) is 24.2. The zero-order valence-electron chi connectivity index (χ0n) is 12.1. The van der Waals surface area contributed by atoms with Crippen LogP contribution in [0.1, 0.15) is 33.1 Å². The summed E-state index contributed by atoms with van der Waals surface area (Å²) in [7, 11) is 2.19. The lowest BCUT2D eigenvalue weighted by Gasteiger charge is -2.31. The summed E-state index contributed by atoms with van der Waals surface area (Å²) in [6, 6.07) is 0. The molecule has 3 nitrogen and oxygen atoms in total. The van der Waals surface area contributed by atoms with Gasteiger partial charge < -0.3 is 14.7 Å². The van der Waals surface area contributed by atoms with Gasteiger partial charge in [0.25, 0.3) is 0 Å². The molecule has 2 rings (SSSR count). The van der Waals surface area contributed by atoms with Crippen LogP contribution in [0.4, 0.5) is 0 Å². The first-order valence-electron chi connectivity index (χ1n) is 7.39. The SMILES string of the molecule is CCN1CCCCC1.CCN1CCN(C)CC1. The van der Waals surface area contributed by atoms with Crippen molar-refractivity contribution < 1.29 is 0 Å². The Balaban J connectivity index is 0.000000171. The predicted molar refractivity (Wildman–Crippen MR) is 75.6 cm³/mol. The number of piperidine rings is 1. The van der Waals surface area contributed by atoms with Crippen LogP contribution in [0, 0.1) is 0 Å². The predicted octanol–water partition coefficient (Wildman–Crippen LogP) is 1.75. The molecule has 0 aliphatic carbocycles. The average Bonchev–Trinajstić information content (AvgIpc) is 2.41. The van der Waals surface area contributed by atoms with Crippen LogP contribution in [0.5, 0.6) is 0 Å². The number of rotatable bonds is 2. The minimum absolute atomic E-state index is 1.22. The van der Waals surface area contributed by atoms with Gasteiger partial charge in [0.2, 0.25) is 0 Å². The highest BCUT2D eigenvalue weighted by Gasteiger charge is 2.10. The fourth-order valence-electron chi connectivity index (χ4n) is 2.44. The summed E-state index contributed by atoms with van der Waals surface area (Å²) in [5.41, 5.74) is 0. The van der Waals surface area contributed by atoms with Crippen LogP contribution in [-0.2, 0) is 0 Å². The lowest BCUT2D eigenvalue weighted by molar-refractivity contribution is 0.160. The zero-order valence-corrected chi connectivity index (χ0v) is 12.1. The molecule has 0 amide bonds. The molecule has 2 saturated heterocycles. The van der Waals surface area contributed by atoms with Gasteiger partial charge in [-0.2, -0.15) is 0 Å². The fraction of sp³-hybridized carbons (Fsp3) is 1.00. The molecule has 0 spiro atoms. The number of hydrogen-bond donors (Lipinski definition) is 0. The van der Waals surface area contributed by atoms with Crippen LogP contribution in [0.2, 0.25) is 0 Å². The van der Waals surface area contributed by atoms with Gasteiger partial charge in [-0.3, -0.25) is 0 Å². The van der Waals surface area contributed by atoms with Crippen molar-refractivity contribution in [2.24, 2.45) is 0 Å². The van der Waals surface area contributed by atoms with E-state index in [0.29, 0.717) is 0 Å². The van der Waals surface area contributed by atoms with Gasteiger partial charge in [-0.15, -0.1) is 0 Å². The molecule has 2 heterocycles. The second kappa shape index (κ2) is 8.90. The van der Waals surface area contributed by atoms with E-state index in [1.54, 1.807) is 0 Å².